The van der Waals surface area contributed by atoms with E-state index in [2.05, 4.69) is 0 Å². The molecule has 0 N–H and O–H groups in total. The predicted molar refractivity (Wildman–Crippen MR) is 86.6 cm³/mol. The number of carbonyl (C=O) groups excluding carboxylic acids is 1. The van der Waals surface area contributed by atoms with Gasteiger partial charge in [-0.2, -0.15) is 0 Å². The number of nitrogens with zero attached hydrogens (tertiary/aromatic N) is 1. The fraction of sp³-hybridized carbons (Fsp3) is 0.316. The van der Waals surface area contributed by atoms with Crippen LogP contribution in [0.3, 0.4) is 0 Å². The van der Waals surface area contributed by atoms with Crippen molar-refractivity contribution >= 4 is 5.91 Å². The average molecular weight is 349 g/mol. The first-order valence-corrected chi connectivity index (χ1v) is 7.93. The SMILES string of the molecule is CC1(C)COC(c2ccccc2)CN1C(=O)c1ccc(F)c(F)c1F. The Morgan fingerprint density at radius 1 is 1.08 bits per heavy atom. The molecule has 6 heteroatoms. The van der Waals surface area contributed by atoms with E-state index in [-0.39, 0.29) is 19.3 Å². The van der Waals surface area contributed by atoms with Crippen molar-refractivity contribution in [2.24, 2.45) is 0 Å². The fourth-order valence-electron chi connectivity index (χ4n) is 2.91. The molecule has 1 aliphatic rings. The van der Waals surface area contributed by atoms with Crippen LogP contribution in [0.2, 0.25) is 0 Å². The zero-order valence-corrected chi connectivity index (χ0v) is 13.9. The van der Waals surface area contributed by atoms with E-state index in [9.17, 15) is 18.0 Å². The lowest BCUT2D eigenvalue weighted by Crippen LogP contribution is -2.56. The molecule has 0 spiro atoms. The molecule has 0 aromatic heterocycles. The molecule has 3 rings (SSSR count). The van der Waals surface area contributed by atoms with E-state index < -0.39 is 34.5 Å². The number of amides is 1. The van der Waals surface area contributed by atoms with Crippen molar-refractivity contribution in [2.45, 2.75) is 25.5 Å². The van der Waals surface area contributed by atoms with Crippen LogP contribution in [0, 0.1) is 17.5 Å². The Balaban J connectivity index is 1.93. The minimum absolute atomic E-state index is 0.189. The maximum atomic E-state index is 14.0. The third kappa shape index (κ3) is 3.26. The summed E-state index contributed by atoms with van der Waals surface area (Å²) in [6, 6.07) is 11.1. The summed E-state index contributed by atoms with van der Waals surface area (Å²) < 4.78 is 46.5. The first-order chi connectivity index (χ1) is 11.8. The van der Waals surface area contributed by atoms with Crippen molar-refractivity contribution in [1.29, 1.82) is 0 Å². The number of ether oxygens (including phenoxy) is 1. The van der Waals surface area contributed by atoms with Crippen molar-refractivity contribution in [2.75, 3.05) is 13.2 Å². The molecule has 0 aliphatic carbocycles. The van der Waals surface area contributed by atoms with Crippen LogP contribution in [0.25, 0.3) is 0 Å². The van der Waals surface area contributed by atoms with E-state index in [0.29, 0.717) is 0 Å². The molecule has 1 heterocycles. The summed E-state index contributed by atoms with van der Waals surface area (Å²) >= 11 is 0. The molecule has 1 saturated heterocycles. The Morgan fingerprint density at radius 2 is 1.76 bits per heavy atom. The van der Waals surface area contributed by atoms with Gasteiger partial charge < -0.3 is 9.64 Å². The monoisotopic (exact) mass is 349 g/mol. The van der Waals surface area contributed by atoms with E-state index in [1.54, 1.807) is 13.8 Å². The van der Waals surface area contributed by atoms with E-state index in [1.165, 1.54) is 4.90 Å². The molecule has 2 aromatic carbocycles. The normalized spacial score (nSPS) is 19.7. The highest BCUT2D eigenvalue weighted by Gasteiger charge is 2.40. The largest absolute Gasteiger partial charge is 0.369 e. The second-order valence-electron chi connectivity index (χ2n) is 6.66. The summed E-state index contributed by atoms with van der Waals surface area (Å²) in [4.78, 5) is 14.3. The topological polar surface area (TPSA) is 29.5 Å². The third-order valence-electron chi connectivity index (χ3n) is 4.40. The maximum Gasteiger partial charge on any atom is 0.257 e. The van der Waals surface area contributed by atoms with Gasteiger partial charge in [0.25, 0.3) is 5.91 Å². The number of rotatable bonds is 2. The highest BCUT2D eigenvalue weighted by Crippen LogP contribution is 2.32. The molecule has 0 saturated carbocycles. The third-order valence-corrected chi connectivity index (χ3v) is 4.40. The summed E-state index contributed by atoms with van der Waals surface area (Å²) in [5.74, 6) is -5.12. The van der Waals surface area contributed by atoms with Gasteiger partial charge in [0.05, 0.1) is 24.3 Å². The lowest BCUT2D eigenvalue weighted by atomic mass is 9.96. The minimum atomic E-state index is -1.64. The van der Waals surface area contributed by atoms with Gasteiger partial charge in [-0.1, -0.05) is 30.3 Å². The molecule has 25 heavy (non-hydrogen) atoms. The number of halogens is 3. The van der Waals surface area contributed by atoms with Crippen LogP contribution in [0.15, 0.2) is 42.5 Å². The molecule has 1 unspecified atom stereocenters. The summed E-state index contributed by atoms with van der Waals surface area (Å²) in [6.45, 7) is 3.99. The summed E-state index contributed by atoms with van der Waals surface area (Å²) in [7, 11) is 0. The summed E-state index contributed by atoms with van der Waals surface area (Å²) in [5, 5.41) is 0. The predicted octanol–water partition coefficient (Wildman–Crippen LogP) is 4.10. The zero-order valence-electron chi connectivity index (χ0n) is 13.9. The number of hydrogen-bond donors (Lipinski definition) is 0. The van der Waals surface area contributed by atoms with Gasteiger partial charge >= 0.3 is 0 Å². The van der Waals surface area contributed by atoms with Crippen molar-refractivity contribution < 1.29 is 22.7 Å². The van der Waals surface area contributed by atoms with Gasteiger partial charge in [-0.3, -0.25) is 4.79 Å². The number of morpholine rings is 1. The lowest BCUT2D eigenvalue weighted by Gasteiger charge is -2.45. The Morgan fingerprint density at radius 3 is 2.44 bits per heavy atom. The first-order valence-electron chi connectivity index (χ1n) is 7.93. The van der Waals surface area contributed by atoms with Crippen LogP contribution in [-0.2, 0) is 4.74 Å². The highest BCUT2D eigenvalue weighted by atomic mass is 19.2. The molecule has 1 fully saturated rings. The zero-order chi connectivity index (χ0) is 18.2. The lowest BCUT2D eigenvalue weighted by molar-refractivity contribution is -0.0848. The van der Waals surface area contributed by atoms with E-state index >= 15 is 0 Å². The van der Waals surface area contributed by atoms with Gasteiger partial charge in [-0.25, -0.2) is 13.2 Å². The van der Waals surface area contributed by atoms with E-state index in [0.717, 1.165) is 17.7 Å². The summed E-state index contributed by atoms with van der Waals surface area (Å²) in [5.41, 5.74) is -0.304. The van der Waals surface area contributed by atoms with Gasteiger partial charge in [0.1, 0.15) is 6.10 Å². The summed E-state index contributed by atoms with van der Waals surface area (Å²) in [6.07, 6.45) is -0.369. The molecule has 0 radical (unpaired) electrons. The Kier molecular flexibility index (Phi) is 4.56. The Bertz CT molecular complexity index is 793. The van der Waals surface area contributed by atoms with Crippen molar-refractivity contribution in [3.05, 3.63) is 71.0 Å². The van der Waals surface area contributed by atoms with Gasteiger partial charge in [0.15, 0.2) is 17.5 Å². The second-order valence-corrected chi connectivity index (χ2v) is 6.66. The average Bonchev–Trinajstić information content (AvgIpc) is 2.60. The standard InChI is InChI=1S/C19H18F3NO2/c1-19(2)11-25-15(12-6-4-3-5-7-12)10-23(19)18(24)13-8-9-14(20)17(22)16(13)21/h3-9,15H,10-11H2,1-2H3. The number of benzene rings is 2. The van der Waals surface area contributed by atoms with E-state index in [4.69, 9.17) is 4.74 Å². The maximum absolute atomic E-state index is 14.0. The Labute approximate surface area is 144 Å². The number of carbonyl (C=O) groups is 1. The Hall–Kier alpha value is -2.34. The van der Waals surface area contributed by atoms with Crippen molar-refractivity contribution in [3.63, 3.8) is 0 Å². The van der Waals surface area contributed by atoms with Crippen LogP contribution >= 0.6 is 0 Å². The van der Waals surface area contributed by atoms with Crippen LogP contribution in [0.1, 0.15) is 35.9 Å². The molecule has 1 atom stereocenters. The molecular formula is C19H18F3NO2. The molecule has 1 amide bonds. The molecule has 132 valence electrons. The van der Waals surface area contributed by atoms with Gasteiger partial charge in [-0.05, 0) is 31.5 Å². The fourth-order valence-corrected chi connectivity index (χ4v) is 2.91. The molecule has 3 nitrogen and oxygen atoms in total. The quantitative estimate of drug-likeness (QED) is 0.764. The van der Waals surface area contributed by atoms with Gasteiger partial charge in [0, 0.05) is 0 Å². The molecule has 0 bridgehead atoms. The van der Waals surface area contributed by atoms with Crippen LogP contribution in [0.5, 0.6) is 0 Å². The van der Waals surface area contributed by atoms with Gasteiger partial charge in [-0.15, -0.1) is 0 Å². The van der Waals surface area contributed by atoms with Crippen molar-refractivity contribution in [1.82, 2.24) is 4.90 Å². The molecule has 2 aromatic rings. The smallest absolute Gasteiger partial charge is 0.257 e. The number of hydrogen-bond acceptors (Lipinski definition) is 2. The first kappa shape index (κ1) is 17.5. The van der Waals surface area contributed by atoms with Crippen LogP contribution in [0.4, 0.5) is 13.2 Å². The molecule has 1 aliphatic heterocycles. The van der Waals surface area contributed by atoms with Crippen molar-refractivity contribution in [3.8, 4) is 0 Å². The van der Waals surface area contributed by atoms with Crippen LogP contribution < -0.4 is 0 Å². The van der Waals surface area contributed by atoms with Gasteiger partial charge in [0.2, 0.25) is 0 Å². The van der Waals surface area contributed by atoms with E-state index in [1.807, 2.05) is 30.3 Å². The molecular weight excluding hydrogens is 331 g/mol. The van der Waals surface area contributed by atoms with Crippen LogP contribution in [-0.4, -0.2) is 29.5 Å². The second kappa shape index (κ2) is 6.52. The highest BCUT2D eigenvalue weighted by molar-refractivity contribution is 5.95. The minimum Gasteiger partial charge on any atom is -0.369 e.